The van der Waals surface area contributed by atoms with Crippen molar-refractivity contribution in [1.29, 1.82) is 5.41 Å². The standard InChI is InChI=1S/C33H37N5O4/c1-21-6-3-7-22(2)38(21)20-23-16-26(19-27(17-23)33(40)36-41)31(37-12-14-42-15-13-37)28-10-5-11-29(39)30(28)24-8-4-9-25(18-24)32(34)35/h4-5,8-19,21-22,30-31,41H,3,6-7,20H2,1-2H3,(H3,34,35)(H,36,40). The number of nitrogen functional groups attached to an aromatic ring is 1. The fraction of sp³-hybridized carbons (Fsp3) is 0.303. The average Bonchev–Trinajstić information content (AvgIpc) is 2.99. The lowest BCUT2D eigenvalue weighted by atomic mass is 9.77. The number of nitrogens with two attached hydrogens (primary N) is 1. The van der Waals surface area contributed by atoms with Crippen molar-refractivity contribution in [2.75, 3.05) is 0 Å². The number of nitrogens with one attached hydrogen (secondary N) is 2. The summed E-state index contributed by atoms with van der Waals surface area (Å²) < 4.78 is 5.33. The van der Waals surface area contributed by atoms with Gasteiger partial charge in [-0.15, -0.1) is 0 Å². The number of nitrogens with zero attached hydrogens (tertiary/aromatic N) is 2. The van der Waals surface area contributed by atoms with Gasteiger partial charge in [0.2, 0.25) is 0 Å². The van der Waals surface area contributed by atoms with Gasteiger partial charge in [0.15, 0.2) is 5.78 Å². The fourth-order valence-electron chi connectivity index (χ4n) is 6.28. The van der Waals surface area contributed by atoms with Gasteiger partial charge in [0, 0.05) is 42.2 Å². The molecule has 5 rings (SSSR count). The molecule has 2 aromatic carbocycles. The largest absolute Gasteiger partial charge is 0.470 e. The summed E-state index contributed by atoms with van der Waals surface area (Å²) in [5.74, 6) is -1.43. The molecule has 0 spiro atoms. The molecule has 1 amide bonds. The molecule has 0 saturated carbocycles. The summed E-state index contributed by atoms with van der Waals surface area (Å²) in [7, 11) is 0. The number of amidine groups is 1. The average molecular weight is 568 g/mol. The Morgan fingerprint density at radius 2 is 1.86 bits per heavy atom. The number of hydrogen-bond acceptors (Lipinski definition) is 7. The Bertz CT molecular complexity index is 1470. The van der Waals surface area contributed by atoms with E-state index in [1.165, 1.54) is 6.42 Å². The van der Waals surface area contributed by atoms with Crippen molar-refractivity contribution in [2.24, 2.45) is 5.73 Å². The number of benzene rings is 2. The number of piperidine rings is 1. The van der Waals surface area contributed by atoms with Crippen LogP contribution in [-0.4, -0.2) is 44.6 Å². The van der Waals surface area contributed by atoms with Crippen molar-refractivity contribution in [3.05, 3.63) is 119 Å². The Kier molecular flexibility index (Phi) is 8.70. The first kappa shape index (κ1) is 29.0. The normalized spacial score (nSPS) is 22.8. The molecule has 218 valence electrons. The predicted molar refractivity (Wildman–Crippen MR) is 160 cm³/mol. The van der Waals surface area contributed by atoms with Gasteiger partial charge in [0.05, 0.1) is 12.0 Å². The van der Waals surface area contributed by atoms with E-state index in [-0.39, 0.29) is 11.6 Å². The lowest BCUT2D eigenvalue weighted by molar-refractivity contribution is -0.115. The van der Waals surface area contributed by atoms with Crippen LogP contribution >= 0.6 is 0 Å². The number of ether oxygens (including phenoxy) is 1. The molecular weight excluding hydrogens is 530 g/mol. The summed E-state index contributed by atoms with van der Waals surface area (Å²) in [6.07, 6.45) is 15.3. The highest BCUT2D eigenvalue weighted by molar-refractivity contribution is 6.01. The Balaban J connectivity index is 1.65. The van der Waals surface area contributed by atoms with Gasteiger partial charge < -0.3 is 15.4 Å². The maximum atomic E-state index is 13.5. The van der Waals surface area contributed by atoms with Gasteiger partial charge in [-0.2, -0.15) is 0 Å². The molecule has 2 aromatic rings. The molecule has 2 heterocycles. The first-order chi connectivity index (χ1) is 20.3. The first-order valence-electron chi connectivity index (χ1n) is 14.2. The molecule has 4 atom stereocenters. The Labute approximate surface area is 246 Å². The van der Waals surface area contributed by atoms with Crippen LogP contribution in [0.5, 0.6) is 0 Å². The lowest BCUT2D eigenvalue weighted by Crippen LogP contribution is -2.43. The van der Waals surface area contributed by atoms with Gasteiger partial charge in [0.25, 0.3) is 5.91 Å². The SMILES string of the molecule is CC1CCCC(C)N1Cc1cc(C(=O)NO)cc(C(C2=CC=CC(=O)C2c2cccc(C(=N)N)c2)N2C=COC=C2)c1. The summed E-state index contributed by atoms with van der Waals surface area (Å²) in [6.45, 7) is 5.11. The van der Waals surface area contributed by atoms with Crippen molar-refractivity contribution in [1.82, 2.24) is 15.3 Å². The minimum absolute atomic E-state index is 0.0784. The molecule has 3 aliphatic rings. The molecule has 1 fully saturated rings. The summed E-state index contributed by atoms with van der Waals surface area (Å²) >= 11 is 0. The lowest BCUT2D eigenvalue weighted by Gasteiger charge is -2.39. The van der Waals surface area contributed by atoms with E-state index in [9.17, 15) is 14.8 Å². The van der Waals surface area contributed by atoms with Gasteiger partial charge in [-0.3, -0.25) is 25.1 Å². The third kappa shape index (κ3) is 6.07. The molecule has 5 N–H and O–H groups in total. The van der Waals surface area contributed by atoms with Crippen LogP contribution in [0.15, 0.2) is 91.2 Å². The summed E-state index contributed by atoms with van der Waals surface area (Å²) in [5.41, 5.74) is 11.6. The number of ketones is 1. The minimum atomic E-state index is -0.648. The molecule has 1 saturated heterocycles. The number of rotatable bonds is 8. The van der Waals surface area contributed by atoms with Crippen LogP contribution in [0.4, 0.5) is 0 Å². The Hall–Kier alpha value is -4.47. The third-order valence-corrected chi connectivity index (χ3v) is 8.37. The number of allylic oxidation sites excluding steroid dienone is 3. The fourth-order valence-corrected chi connectivity index (χ4v) is 6.28. The maximum absolute atomic E-state index is 13.5. The molecule has 2 aliphatic heterocycles. The van der Waals surface area contributed by atoms with E-state index < -0.39 is 17.9 Å². The molecule has 1 aliphatic carbocycles. The highest BCUT2D eigenvalue weighted by Crippen LogP contribution is 2.42. The van der Waals surface area contributed by atoms with Crippen molar-refractivity contribution < 1.29 is 19.5 Å². The molecule has 0 radical (unpaired) electrons. The quantitative estimate of drug-likeness (QED) is 0.152. The number of likely N-dealkylation sites (tertiary alicyclic amines) is 1. The van der Waals surface area contributed by atoms with E-state index >= 15 is 0 Å². The van der Waals surface area contributed by atoms with Crippen LogP contribution in [0.1, 0.15) is 77.7 Å². The monoisotopic (exact) mass is 567 g/mol. The second kappa shape index (κ2) is 12.6. The Morgan fingerprint density at radius 3 is 2.55 bits per heavy atom. The minimum Gasteiger partial charge on any atom is -0.470 e. The van der Waals surface area contributed by atoms with E-state index in [0.29, 0.717) is 29.8 Å². The van der Waals surface area contributed by atoms with E-state index in [1.807, 2.05) is 23.1 Å². The Morgan fingerprint density at radius 1 is 1.12 bits per heavy atom. The number of carbonyl (C=O) groups excluding carboxylic acids is 2. The van der Waals surface area contributed by atoms with Crippen molar-refractivity contribution in [3.8, 4) is 0 Å². The van der Waals surface area contributed by atoms with Crippen LogP contribution in [-0.2, 0) is 16.1 Å². The molecule has 42 heavy (non-hydrogen) atoms. The number of carbonyl (C=O) groups is 2. The second-order valence-electron chi connectivity index (χ2n) is 11.2. The summed E-state index contributed by atoms with van der Waals surface area (Å²) in [6, 6.07) is 13.1. The summed E-state index contributed by atoms with van der Waals surface area (Å²) in [5, 5.41) is 17.5. The topological polar surface area (TPSA) is 132 Å². The van der Waals surface area contributed by atoms with Crippen LogP contribution in [0.2, 0.25) is 0 Å². The third-order valence-electron chi connectivity index (χ3n) is 8.37. The molecule has 9 nitrogen and oxygen atoms in total. The van der Waals surface area contributed by atoms with Gasteiger partial charge >= 0.3 is 0 Å². The molecule has 4 unspecified atom stereocenters. The number of hydroxylamine groups is 1. The smallest absolute Gasteiger partial charge is 0.274 e. The van der Waals surface area contributed by atoms with Crippen molar-refractivity contribution in [3.63, 3.8) is 0 Å². The van der Waals surface area contributed by atoms with E-state index in [2.05, 4.69) is 24.8 Å². The highest BCUT2D eigenvalue weighted by Gasteiger charge is 2.35. The van der Waals surface area contributed by atoms with Gasteiger partial charge in [-0.05, 0) is 73.2 Å². The van der Waals surface area contributed by atoms with E-state index in [4.69, 9.17) is 15.9 Å². The maximum Gasteiger partial charge on any atom is 0.274 e. The zero-order valence-electron chi connectivity index (χ0n) is 23.9. The second-order valence-corrected chi connectivity index (χ2v) is 11.2. The van der Waals surface area contributed by atoms with E-state index in [1.54, 1.807) is 66.8 Å². The van der Waals surface area contributed by atoms with Crippen LogP contribution in [0.3, 0.4) is 0 Å². The highest BCUT2D eigenvalue weighted by atomic mass is 16.5. The van der Waals surface area contributed by atoms with Gasteiger partial charge in [-0.25, -0.2) is 5.48 Å². The number of amides is 1. The molecule has 9 heteroatoms. The first-order valence-corrected chi connectivity index (χ1v) is 14.2. The van der Waals surface area contributed by atoms with Gasteiger partial charge in [-0.1, -0.05) is 42.8 Å². The number of hydrogen-bond donors (Lipinski definition) is 4. The summed E-state index contributed by atoms with van der Waals surface area (Å²) in [4.78, 5) is 30.7. The van der Waals surface area contributed by atoms with E-state index in [0.717, 1.165) is 35.1 Å². The molecule has 0 bridgehead atoms. The van der Waals surface area contributed by atoms with Crippen LogP contribution < -0.4 is 11.2 Å². The van der Waals surface area contributed by atoms with Crippen molar-refractivity contribution >= 4 is 17.5 Å². The van der Waals surface area contributed by atoms with Gasteiger partial charge in [0.1, 0.15) is 18.4 Å². The zero-order valence-corrected chi connectivity index (χ0v) is 23.9. The zero-order chi connectivity index (χ0) is 29.8. The van der Waals surface area contributed by atoms with Crippen molar-refractivity contribution in [2.45, 2.75) is 63.7 Å². The predicted octanol–water partition coefficient (Wildman–Crippen LogP) is 5.02. The van der Waals surface area contributed by atoms with Crippen LogP contribution in [0.25, 0.3) is 0 Å². The molecular formula is C33H37N5O4. The molecule has 0 aromatic heterocycles. The van der Waals surface area contributed by atoms with Crippen LogP contribution in [0, 0.1) is 5.41 Å².